The average Bonchev–Trinajstić information content (AvgIpc) is 2.70. The molecule has 2 fully saturated rings. The molecule has 0 amide bonds. The Hall–Kier alpha value is -0.520. The van der Waals surface area contributed by atoms with Gasteiger partial charge in [0.1, 0.15) is 54.9 Å². The van der Waals surface area contributed by atoms with E-state index in [0.29, 0.717) is 0 Å². The van der Waals surface area contributed by atoms with Crippen LogP contribution in [0.3, 0.4) is 0 Å². The number of ether oxygens (including phenoxy) is 4. The number of aliphatic hydroxyl groups is 9. The first-order valence-electron chi connectivity index (χ1n) is 8.74. The maximum atomic E-state index is 10.4. The van der Waals surface area contributed by atoms with E-state index in [0.717, 1.165) is 0 Å². The summed E-state index contributed by atoms with van der Waals surface area (Å²) in [7, 11) is 0. The van der Waals surface area contributed by atoms with E-state index in [4.69, 9.17) is 29.2 Å². The minimum atomic E-state index is -1.76. The Morgan fingerprint density at radius 1 is 0.643 bits per heavy atom. The molecule has 2 heterocycles. The SMILES string of the molecule is OCC(CO)O[C@@H]1O[C@H](CO)[C@@H](O[C@@H]2O[C@H](CO)[C@H](O)[C@H](O)[C@H]2O)[C@H](O)[C@H]1O. The van der Waals surface area contributed by atoms with Gasteiger partial charge in [-0.2, -0.15) is 0 Å². The Bertz CT molecular complexity index is 459. The molecule has 166 valence electrons. The second kappa shape index (κ2) is 10.5. The van der Waals surface area contributed by atoms with Gasteiger partial charge in [0.2, 0.25) is 0 Å². The summed E-state index contributed by atoms with van der Waals surface area (Å²) in [4.78, 5) is 0. The van der Waals surface area contributed by atoms with Crippen LogP contribution in [0.15, 0.2) is 0 Å². The molecule has 10 atom stereocenters. The molecule has 2 aliphatic heterocycles. The fourth-order valence-electron chi connectivity index (χ4n) is 3.00. The van der Waals surface area contributed by atoms with Gasteiger partial charge in [-0.3, -0.25) is 0 Å². The summed E-state index contributed by atoms with van der Waals surface area (Å²) in [6.07, 6.45) is -16.8. The number of hydrogen-bond donors (Lipinski definition) is 9. The first kappa shape index (κ1) is 23.8. The van der Waals surface area contributed by atoms with Crippen LogP contribution in [0.4, 0.5) is 0 Å². The van der Waals surface area contributed by atoms with Gasteiger partial charge in [0.05, 0.1) is 26.4 Å². The summed E-state index contributed by atoms with van der Waals surface area (Å²) >= 11 is 0. The van der Waals surface area contributed by atoms with Crippen LogP contribution >= 0.6 is 0 Å². The zero-order chi connectivity index (χ0) is 21.0. The van der Waals surface area contributed by atoms with Crippen molar-refractivity contribution >= 4 is 0 Å². The molecule has 0 aromatic heterocycles. The third kappa shape index (κ3) is 4.96. The highest BCUT2D eigenvalue weighted by Crippen LogP contribution is 2.29. The smallest absolute Gasteiger partial charge is 0.187 e. The van der Waals surface area contributed by atoms with Gasteiger partial charge in [-0.25, -0.2) is 0 Å². The molecule has 0 aromatic carbocycles. The van der Waals surface area contributed by atoms with Crippen LogP contribution in [0.25, 0.3) is 0 Å². The van der Waals surface area contributed by atoms with Crippen molar-refractivity contribution in [3.63, 3.8) is 0 Å². The van der Waals surface area contributed by atoms with E-state index >= 15 is 0 Å². The third-order valence-corrected chi connectivity index (χ3v) is 4.69. The van der Waals surface area contributed by atoms with Crippen molar-refractivity contribution < 1.29 is 64.9 Å². The Kier molecular flexibility index (Phi) is 8.90. The lowest BCUT2D eigenvalue weighted by Gasteiger charge is -2.46. The Labute approximate surface area is 159 Å². The molecular weight excluding hydrogens is 388 g/mol. The first-order chi connectivity index (χ1) is 13.3. The molecule has 0 saturated carbocycles. The molecular formula is C15H28O13. The minimum Gasteiger partial charge on any atom is -0.394 e. The molecule has 13 nitrogen and oxygen atoms in total. The molecule has 0 radical (unpaired) electrons. The quantitative estimate of drug-likeness (QED) is 0.180. The van der Waals surface area contributed by atoms with E-state index in [9.17, 15) is 35.7 Å². The van der Waals surface area contributed by atoms with Crippen molar-refractivity contribution in [3.05, 3.63) is 0 Å². The molecule has 2 aliphatic rings. The summed E-state index contributed by atoms with van der Waals surface area (Å²) in [6.45, 7) is -2.59. The van der Waals surface area contributed by atoms with Crippen LogP contribution in [0.5, 0.6) is 0 Å². The highest BCUT2D eigenvalue weighted by molar-refractivity contribution is 4.94. The summed E-state index contributed by atoms with van der Waals surface area (Å²) in [5.41, 5.74) is 0. The number of hydrogen-bond acceptors (Lipinski definition) is 13. The van der Waals surface area contributed by atoms with Gasteiger partial charge in [-0.15, -0.1) is 0 Å². The summed E-state index contributed by atoms with van der Waals surface area (Å²) in [5, 5.41) is 87.0. The topological polar surface area (TPSA) is 219 Å². The highest BCUT2D eigenvalue weighted by Gasteiger charge is 2.50. The molecule has 28 heavy (non-hydrogen) atoms. The second-order valence-electron chi connectivity index (χ2n) is 6.63. The molecule has 0 aromatic rings. The lowest BCUT2D eigenvalue weighted by atomic mass is 9.97. The molecule has 0 bridgehead atoms. The Balaban J connectivity index is 2.10. The molecule has 2 saturated heterocycles. The van der Waals surface area contributed by atoms with Crippen LogP contribution < -0.4 is 0 Å². The van der Waals surface area contributed by atoms with Gasteiger partial charge in [0, 0.05) is 0 Å². The molecule has 0 aliphatic carbocycles. The average molecular weight is 416 g/mol. The van der Waals surface area contributed by atoms with Gasteiger partial charge in [-0.05, 0) is 0 Å². The van der Waals surface area contributed by atoms with Crippen molar-refractivity contribution in [3.8, 4) is 0 Å². The maximum Gasteiger partial charge on any atom is 0.187 e. The predicted molar refractivity (Wildman–Crippen MR) is 85.4 cm³/mol. The molecule has 9 N–H and O–H groups in total. The normalized spacial score (nSPS) is 44.8. The third-order valence-electron chi connectivity index (χ3n) is 4.69. The predicted octanol–water partition coefficient (Wildman–Crippen LogP) is -6.02. The van der Waals surface area contributed by atoms with Gasteiger partial charge < -0.3 is 64.9 Å². The number of rotatable bonds is 8. The van der Waals surface area contributed by atoms with Crippen molar-refractivity contribution in [1.29, 1.82) is 0 Å². The monoisotopic (exact) mass is 416 g/mol. The highest BCUT2D eigenvalue weighted by atomic mass is 16.7. The standard InChI is InChI=1S/C15H28O13/c16-1-5(2-17)25-14-12(24)10(22)13(7(4-19)27-14)28-15-11(23)9(21)8(20)6(3-18)26-15/h5-24H,1-4H2/t6-,7-,8+,9+,10-,11-,12-,13-,14-,15+/m1/s1. The van der Waals surface area contributed by atoms with E-state index in [2.05, 4.69) is 0 Å². The summed E-state index contributed by atoms with van der Waals surface area (Å²) in [5.74, 6) is 0. The van der Waals surface area contributed by atoms with Crippen molar-refractivity contribution in [2.75, 3.05) is 26.4 Å². The minimum absolute atomic E-state index is 0.590. The van der Waals surface area contributed by atoms with Crippen LogP contribution in [-0.4, -0.2) is 140 Å². The van der Waals surface area contributed by atoms with E-state index < -0.39 is 93.9 Å². The van der Waals surface area contributed by atoms with Crippen LogP contribution in [0.2, 0.25) is 0 Å². The maximum absolute atomic E-state index is 10.4. The van der Waals surface area contributed by atoms with Crippen LogP contribution in [0.1, 0.15) is 0 Å². The molecule has 0 spiro atoms. The lowest BCUT2D eigenvalue weighted by molar-refractivity contribution is -0.363. The van der Waals surface area contributed by atoms with Crippen molar-refractivity contribution in [1.82, 2.24) is 0 Å². The van der Waals surface area contributed by atoms with Crippen molar-refractivity contribution in [2.24, 2.45) is 0 Å². The zero-order valence-electron chi connectivity index (χ0n) is 14.8. The Morgan fingerprint density at radius 2 is 1.18 bits per heavy atom. The van der Waals surface area contributed by atoms with Gasteiger partial charge >= 0.3 is 0 Å². The van der Waals surface area contributed by atoms with E-state index in [1.54, 1.807) is 0 Å². The molecule has 13 heteroatoms. The van der Waals surface area contributed by atoms with E-state index in [1.165, 1.54) is 0 Å². The fraction of sp³-hybridized carbons (Fsp3) is 1.00. The van der Waals surface area contributed by atoms with E-state index in [-0.39, 0.29) is 0 Å². The Morgan fingerprint density at radius 3 is 1.71 bits per heavy atom. The van der Waals surface area contributed by atoms with Gasteiger partial charge in [0.25, 0.3) is 0 Å². The second-order valence-corrected chi connectivity index (χ2v) is 6.63. The van der Waals surface area contributed by atoms with Gasteiger partial charge in [-0.1, -0.05) is 0 Å². The fourth-order valence-corrected chi connectivity index (χ4v) is 3.00. The first-order valence-corrected chi connectivity index (χ1v) is 8.74. The molecule has 0 unspecified atom stereocenters. The van der Waals surface area contributed by atoms with Crippen LogP contribution in [0, 0.1) is 0 Å². The molecule has 2 rings (SSSR count). The van der Waals surface area contributed by atoms with Gasteiger partial charge in [0.15, 0.2) is 12.6 Å². The van der Waals surface area contributed by atoms with Crippen LogP contribution in [-0.2, 0) is 18.9 Å². The summed E-state index contributed by atoms with van der Waals surface area (Å²) in [6, 6.07) is 0. The lowest BCUT2D eigenvalue weighted by Crippen LogP contribution is -2.65. The zero-order valence-corrected chi connectivity index (χ0v) is 14.8. The summed E-state index contributed by atoms with van der Waals surface area (Å²) < 4.78 is 21.0. The number of aliphatic hydroxyl groups excluding tert-OH is 9. The largest absolute Gasteiger partial charge is 0.394 e. The van der Waals surface area contributed by atoms with E-state index in [1.807, 2.05) is 0 Å². The van der Waals surface area contributed by atoms with Crippen molar-refractivity contribution in [2.45, 2.75) is 67.5 Å².